The fourth-order valence-electron chi connectivity index (χ4n) is 2.99. The third kappa shape index (κ3) is 7.24. The molecule has 0 spiro atoms. The Bertz CT molecular complexity index is 1360. The first kappa shape index (κ1) is 11.3. The fraction of sp³-hybridized carbons (Fsp3) is 0.480. The molecule has 2 aromatic carbocycles. The molecule has 31 heavy (non-hydrogen) atoms. The minimum atomic E-state index is -3.00. The second-order valence-corrected chi connectivity index (χ2v) is 7.60. The zero-order valence-corrected chi connectivity index (χ0v) is 17.5. The molecule has 1 fully saturated rings. The summed E-state index contributed by atoms with van der Waals surface area (Å²) < 4.78 is 125. The number of nitrogens with one attached hydrogen (secondary N) is 1. The highest BCUT2D eigenvalue weighted by molar-refractivity contribution is 5.74. The van der Waals surface area contributed by atoms with E-state index in [9.17, 15) is 9.18 Å². The van der Waals surface area contributed by atoms with Crippen LogP contribution in [0.2, 0.25) is 0 Å². The van der Waals surface area contributed by atoms with Crippen LogP contribution in [-0.4, -0.2) is 48.5 Å². The number of benzene rings is 2. The van der Waals surface area contributed by atoms with Gasteiger partial charge in [-0.3, -0.25) is 0 Å². The molecule has 5 nitrogen and oxygen atoms in total. The van der Waals surface area contributed by atoms with Crippen molar-refractivity contribution in [3.63, 3.8) is 0 Å². The number of halogens is 1. The van der Waals surface area contributed by atoms with Crippen LogP contribution < -0.4 is 10.1 Å². The smallest absolute Gasteiger partial charge is 0.318 e. The van der Waals surface area contributed by atoms with Gasteiger partial charge in [-0.1, -0.05) is 38.0 Å². The third-order valence-electron chi connectivity index (χ3n) is 4.60. The number of rotatable bonds is 8. The van der Waals surface area contributed by atoms with Gasteiger partial charge in [-0.15, -0.1) is 0 Å². The normalized spacial score (nSPS) is 22.0. The van der Waals surface area contributed by atoms with Crippen LogP contribution in [0.25, 0.3) is 0 Å². The highest BCUT2D eigenvalue weighted by Crippen LogP contribution is 2.19. The zero-order chi connectivity index (χ0) is 33.5. The number of urea groups is 1. The molecular formula is C25H34FN3O2. The number of carbonyl (C=O) groups excluding carboxylic acids is 1. The molecule has 1 N–H and O–H groups in total. The Morgan fingerprint density at radius 3 is 2.48 bits per heavy atom. The van der Waals surface area contributed by atoms with E-state index in [4.69, 9.17) is 22.6 Å². The average molecular weight is 441 g/mol. The largest absolute Gasteiger partial charge is 0.493 e. The summed E-state index contributed by atoms with van der Waals surface area (Å²) in [5, 5.41) is 2.07. The van der Waals surface area contributed by atoms with E-state index >= 15 is 0 Å². The van der Waals surface area contributed by atoms with Gasteiger partial charge in [-0.2, -0.15) is 0 Å². The van der Waals surface area contributed by atoms with Crippen LogP contribution in [-0.2, 0) is 13.0 Å². The van der Waals surface area contributed by atoms with E-state index in [1.54, 1.807) is 0 Å². The van der Waals surface area contributed by atoms with Crippen molar-refractivity contribution >= 4 is 6.03 Å². The molecule has 6 heteroatoms. The van der Waals surface area contributed by atoms with Crippen molar-refractivity contribution in [2.45, 2.75) is 45.8 Å². The molecule has 0 unspecified atom stereocenters. The van der Waals surface area contributed by atoms with Gasteiger partial charge in [0.1, 0.15) is 11.6 Å². The number of likely N-dealkylation sites (tertiary alicyclic amines) is 1. The van der Waals surface area contributed by atoms with Crippen molar-refractivity contribution in [3.05, 3.63) is 65.3 Å². The van der Waals surface area contributed by atoms with Gasteiger partial charge in [0.15, 0.2) is 0 Å². The number of hydrogen-bond acceptors (Lipinski definition) is 3. The maximum atomic E-state index is 14.2. The lowest BCUT2D eigenvalue weighted by Gasteiger charge is -2.37. The SMILES string of the molecule is [2H]c1c([2H])c(CN(C(=O)NC([2H])([2H])c2c([2H])c([2H])c(OCC(C)C)c([2H])c2[2H])C2CCN(C([2H])([2H])[2H])CC2)c([2H])c([2H])c1F. The van der Waals surface area contributed by atoms with Crippen LogP contribution in [0.15, 0.2) is 48.3 Å². The van der Waals surface area contributed by atoms with Crippen molar-refractivity contribution in [2.75, 3.05) is 26.7 Å². The van der Waals surface area contributed by atoms with Gasteiger partial charge in [-0.25, -0.2) is 9.18 Å². The fourth-order valence-corrected chi connectivity index (χ4v) is 2.99. The van der Waals surface area contributed by atoms with Gasteiger partial charge < -0.3 is 19.9 Å². The number of ether oxygens (including phenoxy) is 1. The van der Waals surface area contributed by atoms with E-state index in [1.807, 2.05) is 13.8 Å². The molecule has 1 aliphatic heterocycles. The van der Waals surface area contributed by atoms with E-state index in [-0.39, 0.29) is 49.8 Å². The molecule has 1 saturated heterocycles. The molecule has 0 saturated carbocycles. The van der Waals surface area contributed by atoms with Crippen LogP contribution in [0.3, 0.4) is 0 Å². The lowest BCUT2D eigenvalue weighted by molar-refractivity contribution is 0.127. The molecule has 1 heterocycles. The topological polar surface area (TPSA) is 44.8 Å². The highest BCUT2D eigenvalue weighted by Gasteiger charge is 2.27. The first-order valence-corrected chi connectivity index (χ1v) is 10.0. The summed E-state index contributed by atoms with van der Waals surface area (Å²) in [4.78, 5) is 15.9. The second kappa shape index (κ2) is 11.1. The van der Waals surface area contributed by atoms with Crippen molar-refractivity contribution < 1.29 is 31.7 Å². The molecule has 0 atom stereocenters. The molecule has 168 valence electrons. The second-order valence-electron chi connectivity index (χ2n) is 7.60. The number of carbonyl (C=O) groups is 1. The minimum absolute atomic E-state index is 0.00604. The summed E-state index contributed by atoms with van der Waals surface area (Å²) in [6, 6.07) is -8.24. The molecule has 2 amide bonds. The Labute approximate surface area is 203 Å². The summed E-state index contributed by atoms with van der Waals surface area (Å²) in [5.41, 5.74) is -1.13. The van der Waals surface area contributed by atoms with Gasteiger partial charge in [0, 0.05) is 23.2 Å². The maximum absolute atomic E-state index is 14.2. The van der Waals surface area contributed by atoms with E-state index in [0.717, 1.165) is 4.90 Å². The van der Waals surface area contributed by atoms with Crippen molar-refractivity contribution in [3.8, 4) is 5.75 Å². The molecule has 0 aliphatic carbocycles. The van der Waals surface area contributed by atoms with Crippen LogP contribution in [0.4, 0.5) is 9.18 Å². The molecule has 0 bridgehead atoms. The molecule has 0 radical (unpaired) electrons. The average Bonchev–Trinajstić information content (AvgIpc) is 2.93. The maximum Gasteiger partial charge on any atom is 0.318 e. The van der Waals surface area contributed by atoms with Gasteiger partial charge in [0.2, 0.25) is 0 Å². The summed E-state index contributed by atoms with van der Waals surface area (Å²) >= 11 is 0. The van der Waals surface area contributed by atoms with Crippen LogP contribution >= 0.6 is 0 Å². The van der Waals surface area contributed by atoms with Crippen molar-refractivity contribution in [1.29, 1.82) is 0 Å². The van der Waals surface area contributed by atoms with Gasteiger partial charge in [0.05, 0.1) is 20.3 Å². The summed E-state index contributed by atoms with van der Waals surface area (Å²) in [6.07, 6.45) is 0.141. The van der Waals surface area contributed by atoms with Crippen LogP contribution in [0.1, 0.15) is 55.6 Å². The molecule has 0 aromatic heterocycles. The standard InChI is InChI=1S/C25H34FN3O2/c1-19(2)18-31-24-10-6-20(7-11-24)16-27-25(30)29(23-12-14-28(3)15-13-23)17-21-4-8-22(26)9-5-21/h4-11,19,23H,12-18H2,1-3H3,(H,27,30)/i3D3,4D,5D,6D,7D,8D,9D,10D,11D,16D2. The summed E-state index contributed by atoms with van der Waals surface area (Å²) in [7, 11) is 0. The van der Waals surface area contributed by atoms with E-state index < -0.39 is 91.8 Å². The Morgan fingerprint density at radius 2 is 1.87 bits per heavy atom. The quantitative estimate of drug-likeness (QED) is 0.649. The zero-order valence-electron chi connectivity index (χ0n) is 30.5. The Morgan fingerprint density at radius 1 is 1.23 bits per heavy atom. The van der Waals surface area contributed by atoms with Crippen LogP contribution in [0.5, 0.6) is 5.75 Å². The van der Waals surface area contributed by atoms with Gasteiger partial charge in [-0.05, 0) is 74.1 Å². The van der Waals surface area contributed by atoms with E-state index in [2.05, 4.69) is 5.32 Å². The highest BCUT2D eigenvalue weighted by atomic mass is 19.1. The minimum Gasteiger partial charge on any atom is -0.493 e. The monoisotopic (exact) mass is 440 g/mol. The van der Waals surface area contributed by atoms with Crippen LogP contribution in [0, 0.1) is 11.7 Å². The lowest BCUT2D eigenvalue weighted by Crippen LogP contribution is -2.49. The van der Waals surface area contributed by atoms with Gasteiger partial charge in [0.25, 0.3) is 0 Å². The summed E-state index contributed by atoms with van der Waals surface area (Å²) in [5.74, 6) is -1.76. The Kier molecular flexibility index (Phi) is 4.07. The van der Waals surface area contributed by atoms with E-state index in [1.165, 1.54) is 4.90 Å². The first-order valence-electron chi connectivity index (χ1n) is 16.5. The first-order chi connectivity index (χ1) is 20.2. The number of piperidine rings is 1. The third-order valence-corrected chi connectivity index (χ3v) is 4.60. The van der Waals surface area contributed by atoms with Crippen molar-refractivity contribution in [1.82, 2.24) is 15.1 Å². The molecule has 2 aromatic rings. The number of amides is 2. The number of hydrogen-bond donors (Lipinski definition) is 1. The predicted molar refractivity (Wildman–Crippen MR) is 121 cm³/mol. The van der Waals surface area contributed by atoms with Crippen molar-refractivity contribution in [2.24, 2.45) is 5.92 Å². The lowest BCUT2D eigenvalue weighted by atomic mass is 10.0. The summed E-state index contributed by atoms with van der Waals surface area (Å²) in [6.45, 7) is -2.32. The molecule has 3 rings (SSSR count). The van der Waals surface area contributed by atoms with E-state index in [0.29, 0.717) is 0 Å². The predicted octanol–water partition coefficient (Wildman–Crippen LogP) is 4.67. The molecular weight excluding hydrogens is 393 g/mol. The Hall–Kier alpha value is -2.60. The molecule has 1 aliphatic rings. The number of nitrogens with zero attached hydrogens (tertiary/aromatic N) is 2. The van der Waals surface area contributed by atoms with Gasteiger partial charge >= 0.3 is 6.03 Å². The Balaban J connectivity index is 2.03.